The Morgan fingerprint density at radius 2 is 2.12 bits per heavy atom. The third-order valence-electron chi connectivity index (χ3n) is 2.44. The van der Waals surface area contributed by atoms with E-state index in [1.165, 1.54) is 6.92 Å². The van der Waals surface area contributed by atoms with Gasteiger partial charge in [0.05, 0.1) is 0 Å². The number of hydrogen-bond donors (Lipinski definition) is 2. The van der Waals surface area contributed by atoms with Crippen molar-refractivity contribution in [2.45, 2.75) is 18.7 Å². The van der Waals surface area contributed by atoms with Gasteiger partial charge in [-0.15, -0.1) is 0 Å². The maximum Gasteiger partial charge on any atom is 0.242 e. The number of sulfone groups is 1. The van der Waals surface area contributed by atoms with Crippen LogP contribution in [0.1, 0.15) is 12.5 Å². The van der Waals surface area contributed by atoms with Gasteiger partial charge in [-0.25, -0.2) is 8.42 Å². The molecule has 0 aliphatic heterocycles. The summed E-state index contributed by atoms with van der Waals surface area (Å²) < 4.78 is 22.4. The van der Waals surface area contributed by atoms with Crippen LogP contribution in [0.3, 0.4) is 0 Å². The van der Waals surface area contributed by atoms with E-state index in [1.807, 2.05) is 6.07 Å². The average molecular weight is 256 g/mol. The Balaban J connectivity index is 2.81. The van der Waals surface area contributed by atoms with Crippen molar-refractivity contribution in [2.24, 2.45) is 5.73 Å². The van der Waals surface area contributed by atoms with Crippen LogP contribution >= 0.6 is 0 Å². The van der Waals surface area contributed by atoms with E-state index in [4.69, 9.17) is 5.73 Å². The lowest BCUT2D eigenvalue weighted by Crippen LogP contribution is -2.31. The van der Waals surface area contributed by atoms with Gasteiger partial charge in [-0.1, -0.05) is 12.1 Å². The van der Waals surface area contributed by atoms with Crippen molar-refractivity contribution in [2.75, 3.05) is 11.6 Å². The van der Waals surface area contributed by atoms with E-state index in [-0.39, 0.29) is 0 Å². The summed E-state index contributed by atoms with van der Waals surface area (Å²) in [5.41, 5.74) is 6.89. The van der Waals surface area contributed by atoms with Gasteiger partial charge >= 0.3 is 0 Å². The molecule has 1 aromatic carbocycles. The van der Waals surface area contributed by atoms with Crippen molar-refractivity contribution < 1.29 is 13.2 Å². The summed E-state index contributed by atoms with van der Waals surface area (Å²) >= 11 is 0. The molecule has 0 saturated carbocycles. The second-order valence-electron chi connectivity index (χ2n) is 3.87. The van der Waals surface area contributed by atoms with Gasteiger partial charge < -0.3 is 11.1 Å². The van der Waals surface area contributed by atoms with Gasteiger partial charge in [0.1, 0.15) is 5.25 Å². The van der Waals surface area contributed by atoms with Gasteiger partial charge in [0.2, 0.25) is 5.91 Å². The van der Waals surface area contributed by atoms with Crippen molar-refractivity contribution in [1.29, 1.82) is 0 Å². The molecule has 0 fully saturated rings. The monoisotopic (exact) mass is 256 g/mol. The van der Waals surface area contributed by atoms with E-state index >= 15 is 0 Å². The number of hydrogen-bond acceptors (Lipinski definition) is 4. The van der Waals surface area contributed by atoms with Crippen molar-refractivity contribution in [3.05, 3.63) is 29.8 Å². The van der Waals surface area contributed by atoms with Gasteiger partial charge in [-0.2, -0.15) is 0 Å². The largest absolute Gasteiger partial charge is 0.326 e. The highest BCUT2D eigenvalue weighted by Gasteiger charge is 2.23. The minimum absolute atomic E-state index is 0.366. The first-order valence-corrected chi connectivity index (χ1v) is 7.09. The summed E-state index contributed by atoms with van der Waals surface area (Å²) in [5, 5.41) is 1.48. The van der Waals surface area contributed by atoms with Gasteiger partial charge in [0.15, 0.2) is 9.84 Å². The van der Waals surface area contributed by atoms with E-state index in [0.29, 0.717) is 12.2 Å². The lowest BCUT2D eigenvalue weighted by molar-refractivity contribution is -0.115. The summed E-state index contributed by atoms with van der Waals surface area (Å²) in [5.74, 6) is -0.540. The minimum atomic E-state index is -3.37. The number of amides is 1. The Hall–Kier alpha value is -1.40. The zero-order valence-electron chi connectivity index (χ0n) is 9.80. The molecule has 0 aliphatic rings. The van der Waals surface area contributed by atoms with Crippen LogP contribution in [0.4, 0.5) is 5.69 Å². The summed E-state index contributed by atoms with van der Waals surface area (Å²) in [6.07, 6.45) is 1.04. The molecule has 17 heavy (non-hydrogen) atoms. The fraction of sp³-hybridized carbons (Fsp3) is 0.364. The Morgan fingerprint density at radius 3 is 2.65 bits per heavy atom. The predicted octanol–water partition coefficient (Wildman–Crippen LogP) is 0.517. The molecule has 1 atom stereocenters. The molecule has 1 amide bonds. The number of carbonyl (C=O) groups excluding carboxylic acids is 1. The number of nitrogens with two attached hydrogens (primary N) is 1. The van der Waals surface area contributed by atoms with Crippen molar-refractivity contribution in [1.82, 2.24) is 0 Å². The molecular weight excluding hydrogens is 240 g/mol. The van der Waals surface area contributed by atoms with E-state index in [1.54, 1.807) is 18.2 Å². The zero-order chi connectivity index (χ0) is 13.1. The second-order valence-corrected chi connectivity index (χ2v) is 6.23. The van der Waals surface area contributed by atoms with Crippen LogP contribution in [-0.2, 0) is 21.2 Å². The lowest BCUT2D eigenvalue weighted by atomic mass is 10.2. The molecule has 3 N–H and O–H groups in total. The number of anilines is 1. The fourth-order valence-corrected chi connectivity index (χ4v) is 1.66. The second kappa shape index (κ2) is 5.29. The number of carbonyl (C=O) groups is 1. The van der Waals surface area contributed by atoms with Crippen LogP contribution in [0, 0.1) is 0 Å². The molecule has 5 nitrogen and oxygen atoms in total. The molecule has 1 rings (SSSR count). The zero-order valence-corrected chi connectivity index (χ0v) is 10.6. The molecule has 0 bridgehead atoms. The topological polar surface area (TPSA) is 89.3 Å². The molecule has 0 aliphatic carbocycles. The minimum Gasteiger partial charge on any atom is -0.326 e. The normalized spacial score (nSPS) is 13.1. The maximum absolute atomic E-state index is 11.6. The van der Waals surface area contributed by atoms with E-state index < -0.39 is 21.0 Å². The van der Waals surface area contributed by atoms with Gasteiger partial charge in [-0.05, 0) is 24.6 Å². The molecule has 0 heterocycles. The smallest absolute Gasteiger partial charge is 0.242 e. The molecule has 1 unspecified atom stereocenters. The van der Waals surface area contributed by atoms with E-state index in [0.717, 1.165) is 11.8 Å². The van der Waals surface area contributed by atoms with Gasteiger partial charge in [-0.3, -0.25) is 4.79 Å². The summed E-state index contributed by atoms with van der Waals surface area (Å²) in [6.45, 7) is 1.72. The van der Waals surface area contributed by atoms with Gasteiger partial charge in [0.25, 0.3) is 0 Å². The SMILES string of the molecule is CC(C(=O)Nc1cccc(CN)c1)S(C)(=O)=O. The van der Waals surface area contributed by atoms with Crippen LogP contribution in [0.5, 0.6) is 0 Å². The molecule has 0 aromatic heterocycles. The number of benzene rings is 1. The van der Waals surface area contributed by atoms with Gasteiger partial charge in [0, 0.05) is 18.5 Å². The molecule has 0 spiro atoms. The molecule has 1 aromatic rings. The Morgan fingerprint density at radius 1 is 1.47 bits per heavy atom. The van der Waals surface area contributed by atoms with Crippen molar-refractivity contribution in [3.8, 4) is 0 Å². The first kappa shape index (κ1) is 13.7. The summed E-state index contributed by atoms with van der Waals surface area (Å²) in [6, 6.07) is 6.98. The number of nitrogens with one attached hydrogen (secondary N) is 1. The quantitative estimate of drug-likeness (QED) is 0.821. The van der Waals surface area contributed by atoms with E-state index in [9.17, 15) is 13.2 Å². The lowest BCUT2D eigenvalue weighted by Gasteiger charge is -2.11. The molecule has 0 radical (unpaired) electrons. The van der Waals surface area contributed by atoms with Crippen LogP contribution in [0.25, 0.3) is 0 Å². The predicted molar refractivity (Wildman–Crippen MR) is 67.3 cm³/mol. The maximum atomic E-state index is 11.6. The number of rotatable bonds is 4. The summed E-state index contributed by atoms with van der Waals surface area (Å²) in [4.78, 5) is 11.6. The van der Waals surface area contributed by atoms with E-state index in [2.05, 4.69) is 5.32 Å². The Bertz CT molecular complexity index is 511. The Labute approximate surface area is 101 Å². The highest BCUT2D eigenvalue weighted by Crippen LogP contribution is 2.11. The molecule has 6 heteroatoms. The highest BCUT2D eigenvalue weighted by atomic mass is 32.2. The third kappa shape index (κ3) is 3.83. The fourth-order valence-electron chi connectivity index (χ4n) is 1.21. The molecular formula is C11H16N2O3S. The Kier molecular flexibility index (Phi) is 4.25. The highest BCUT2D eigenvalue weighted by molar-refractivity contribution is 7.92. The van der Waals surface area contributed by atoms with Crippen molar-refractivity contribution in [3.63, 3.8) is 0 Å². The van der Waals surface area contributed by atoms with Crippen LogP contribution in [0.15, 0.2) is 24.3 Å². The average Bonchev–Trinajstić information content (AvgIpc) is 2.27. The molecule has 0 saturated heterocycles. The van der Waals surface area contributed by atoms with Crippen LogP contribution < -0.4 is 11.1 Å². The standard InChI is InChI=1S/C11H16N2O3S/c1-8(17(2,15)16)11(14)13-10-5-3-4-9(6-10)7-12/h3-6,8H,7,12H2,1-2H3,(H,13,14). The van der Waals surface area contributed by atoms with Crippen LogP contribution in [0.2, 0.25) is 0 Å². The van der Waals surface area contributed by atoms with Crippen LogP contribution in [-0.4, -0.2) is 25.8 Å². The first-order valence-electron chi connectivity index (χ1n) is 5.13. The first-order chi connectivity index (χ1) is 7.84. The molecule has 94 valence electrons. The van der Waals surface area contributed by atoms with Crippen molar-refractivity contribution >= 4 is 21.4 Å². The summed E-state index contributed by atoms with van der Waals surface area (Å²) in [7, 11) is -3.37. The third-order valence-corrected chi connectivity index (χ3v) is 3.94.